The monoisotopic (exact) mass is 305 g/mol. The Morgan fingerprint density at radius 2 is 2.32 bits per heavy atom. The number of aliphatic hydroxyl groups excluding tert-OH is 1. The Kier molecular flexibility index (Phi) is 5.77. The van der Waals surface area contributed by atoms with Crippen LogP contribution in [0.2, 0.25) is 0 Å². The number of aliphatic hydroxyl groups is 1. The zero-order chi connectivity index (χ0) is 15.9. The van der Waals surface area contributed by atoms with Gasteiger partial charge in [0.05, 0.1) is 12.0 Å². The average Bonchev–Trinajstić information content (AvgIpc) is 3.13. The van der Waals surface area contributed by atoms with Gasteiger partial charge in [0.15, 0.2) is 0 Å². The van der Waals surface area contributed by atoms with E-state index in [1.807, 2.05) is 26.0 Å². The van der Waals surface area contributed by atoms with Crippen molar-refractivity contribution in [2.45, 2.75) is 33.1 Å². The highest BCUT2D eigenvalue weighted by atomic mass is 16.3. The lowest BCUT2D eigenvalue weighted by atomic mass is 10.0. The minimum absolute atomic E-state index is 0.0125. The van der Waals surface area contributed by atoms with E-state index >= 15 is 0 Å². The van der Waals surface area contributed by atoms with Gasteiger partial charge in [-0.15, -0.1) is 0 Å². The van der Waals surface area contributed by atoms with Crippen molar-refractivity contribution < 1.29 is 14.3 Å². The van der Waals surface area contributed by atoms with Crippen molar-refractivity contribution in [2.24, 2.45) is 5.92 Å². The van der Waals surface area contributed by atoms with Crippen molar-refractivity contribution in [3.05, 3.63) is 41.1 Å². The molecule has 0 saturated carbocycles. The second kappa shape index (κ2) is 7.79. The fourth-order valence-corrected chi connectivity index (χ4v) is 2.27. The van der Waals surface area contributed by atoms with Crippen LogP contribution in [0.15, 0.2) is 22.8 Å². The van der Waals surface area contributed by atoms with Crippen molar-refractivity contribution in [3.8, 4) is 0 Å². The zero-order valence-electron chi connectivity index (χ0n) is 13.1. The molecule has 0 aliphatic carbocycles. The van der Waals surface area contributed by atoms with Gasteiger partial charge >= 0.3 is 0 Å². The van der Waals surface area contributed by atoms with Gasteiger partial charge in [0.1, 0.15) is 5.76 Å². The summed E-state index contributed by atoms with van der Waals surface area (Å²) < 4.78 is 5.26. The highest BCUT2D eigenvalue weighted by molar-refractivity contribution is 5.76. The van der Waals surface area contributed by atoms with Crippen LogP contribution < -0.4 is 5.32 Å². The quantitative estimate of drug-likeness (QED) is 0.689. The van der Waals surface area contributed by atoms with Crippen LogP contribution in [-0.4, -0.2) is 34.4 Å². The van der Waals surface area contributed by atoms with Crippen LogP contribution in [0, 0.1) is 19.8 Å². The number of H-pyrrole nitrogens is 1. The predicted molar refractivity (Wildman–Crippen MR) is 82.4 cm³/mol. The van der Waals surface area contributed by atoms with Crippen LogP contribution >= 0.6 is 0 Å². The summed E-state index contributed by atoms with van der Waals surface area (Å²) >= 11 is 0. The van der Waals surface area contributed by atoms with E-state index in [1.54, 1.807) is 6.26 Å². The molecule has 0 aliphatic rings. The number of hydrogen-bond donors (Lipinski definition) is 3. The number of aryl methyl sites for hydroxylation is 2. The van der Waals surface area contributed by atoms with Crippen molar-refractivity contribution in [1.29, 1.82) is 0 Å². The first-order valence-corrected chi connectivity index (χ1v) is 7.50. The molecule has 2 aromatic rings. The summed E-state index contributed by atoms with van der Waals surface area (Å²) in [4.78, 5) is 11.9. The first-order valence-electron chi connectivity index (χ1n) is 7.50. The maximum absolute atomic E-state index is 11.9. The van der Waals surface area contributed by atoms with Gasteiger partial charge in [-0.3, -0.25) is 9.89 Å². The van der Waals surface area contributed by atoms with Crippen LogP contribution in [0.1, 0.15) is 29.1 Å². The summed E-state index contributed by atoms with van der Waals surface area (Å²) in [6.07, 6.45) is 3.23. The van der Waals surface area contributed by atoms with Crippen molar-refractivity contribution >= 4 is 5.91 Å². The average molecular weight is 305 g/mol. The summed E-state index contributed by atoms with van der Waals surface area (Å²) in [5.41, 5.74) is 3.08. The van der Waals surface area contributed by atoms with E-state index in [9.17, 15) is 9.90 Å². The number of nitrogens with one attached hydrogen (secondary N) is 2. The van der Waals surface area contributed by atoms with Crippen LogP contribution in [0.3, 0.4) is 0 Å². The second-order valence-electron chi connectivity index (χ2n) is 5.56. The van der Waals surface area contributed by atoms with E-state index < -0.39 is 0 Å². The minimum Gasteiger partial charge on any atom is -0.469 e. The smallest absolute Gasteiger partial charge is 0.220 e. The second-order valence-corrected chi connectivity index (χ2v) is 5.56. The topological polar surface area (TPSA) is 91.2 Å². The number of carbonyl (C=O) groups excluding carboxylic acids is 1. The van der Waals surface area contributed by atoms with Crippen LogP contribution in [0.25, 0.3) is 0 Å². The third-order valence-electron chi connectivity index (χ3n) is 3.86. The van der Waals surface area contributed by atoms with E-state index in [0.717, 1.165) is 22.7 Å². The van der Waals surface area contributed by atoms with Gasteiger partial charge in [-0.05, 0) is 31.5 Å². The number of rotatable bonds is 8. The third-order valence-corrected chi connectivity index (χ3v) is 3.86. The lowest BCUT2D eigenvalue weighted by Crippen LogP contribution is -2.32. The molecular weight excluding hydrogens is 282 g/mol. The number of nitrogens with zero attached hydrogens (tertiary/aromatic N) is 1. The predicted octanol–water partition coefficient (Wildman–Crippen LogP) is 1.52. The van der Waals surface area contributed by atoms with E-state index in [2.05, 4.69) is 15.5 Å². The van der Waals surface area contributed by atoms with Crippen molar-refractivity contribution in [1.82, 2.24) is 15.5 Å². The Morgan fingerprint density at radius 3 is 2.91 bits per heavy atom. The van der Waals surface area contributed by atoms with Gasteiger partial charge in [0.2, 0.25) is 5.91 Å². The standard InChI is InChI=1S/C16H23N3O3/c1-11-12(2)18-19-15(11)5-6-16(21)17-9-13(10-20)8-14-4-3-7-22-14/h3-4,7,13,20H,5-6,8-10H2,1-2H3,(H,17,21)(H,18,19)/t13-/m1/s1. The first-order chi connectivity index (χ1) is 10.6. The maximum atomic E-state index is 11.9. The molecule has 2 rings (SSSR count). The SMILES string of the molecule is Cc1[nH]nc(CCC(=O)NC[C@H](CO)Cc2ccco2)c1C. The molecule has 120 valence electrons. The molecule has 0 aromatic carbocycles. The Bertz CT molecular complexity index is 590. The minimum atomic E-state index is -0.0375. The van der Waals surface area contributed by atoms with Gasteiger partial charge in [0, 0.05) is 44.0 Å². The normalized spacial score (nSPS) is 12.3. The van der Waals surface area contributed by atoms with Crippen LogP contribution in [0.4, 0.5) is 0 Å². The molecule has 2 aromatic heterocycles. The van der Waals surface area contributed by atoms with Gasteiger partial charge in [-0.2, -0.15) is 5.10 Å². The van der Waals surface area contributed by atoms with Crippen LogP contribution in [-0.2, 0) is 17.6 Å². The lowest BCUT2D eigenvalue weighted by molar-refractivity contribution is -0.121. The van der Waals surface area contributed by atoms with Gasteiger partial charge < -0.3 is 14.8 Å². The molecule has 0 spiro atoms. The molecule has 1 amide bonds. The number of amides is 1. The molecule has 22 heavy (non-hydrogen) atoms. The number of aromatic nitrogens is 2. The highest BCUT2D eigenvalue weighted by Crippen LogP contribution is 2.11. The van der Waals surface area contributed by atoms with Gasteiger partial charge in [0.25, 0.3) is 0 Å². The molecule has 0 aliphatic heterocycles. The zero-order valence-corrected chi connectivity index (χ0v) is 13.1. The van der Waals surface area contributed by atoms with E-state index in [-0.39, 0.29) is 18.4 Å². The molecule has 3 N–H and O–H groups in total. The van der Waals surface area contributed by atoms with Crippen molar-refractivity contribution in [2.75, 3.05) is 13.2 Å². The van der Waals surface area contributed by atoms with E-state index in [0.29, 0.717) is 25.8 Å². The van der Waals surface area contributed by atoms with E-state index in [1.165, 1.54) is 0 Å². The molecule has 0 unspecified atom stereocenters. The number of carbonyl (C=O) groups is 1. The molecule has 1 atom stereocenters. The van der Waals surface area contributed by atoms with Gasteiger partial charge in [-0.25, -0.2) is 0 Å². The Morgan fingerprint density at radius 1 is 1.50 bits per heavy atom. The molecule has 0 fully saturated rings. The molecule has 0 saturated heterocycles. The van der Waals surface area contributed by atoms with Gasteiger partial charge in [-0.1, -0.05) is 0 Å². The summed E-state index contributed by atoms with van der Waals surface area (Å²) in [6.45, 7) is 4.41. The maximum Gasteiger partial charge on any atom is 0.220 e. The summed E-state index contributed by atoms with van der Waals surface area (Å²) in [5.74, 6) is 0.748. The first kappa shape index (κ1) is 16.3. The van der Waals surface area contributed by atoms with Crippen LogP contribution in [0.5, 0.6) is 0 Å². The van der Waals surface area contributed by atoms with E-state index in [4.69, 9.17) is 4.42 Å². The number of furan rings is 1. The summed E-state index contributed by atoms with van der Waals surface area (Å²) in [7, 11) is 0. The molecule has 6 nitrogen and oxygen atoms in total. The summed E-state index contributed by atoms with van der Waals surface area (Å²) in [6, 6.07) is 3.68. The molecule has 2 heterocycles. The largest absolute Gasteiger partial charge is 0.469 e. The fraction of sp³-hybridized carbons (Fsp3) is 0.500. The Hall–Kier alpha value is -2.08. The molecular formula is C16H23N3O3. The Labute approximate surface area is 129 Å². The molecule has 6 heteroatoms. The Balaban J connectivity index is 1.73. The van der Waals surface area contributed by atoms with Crippen molar-refractivity contribution in [3.63, 3.8) is 0 Å². The molecule has 0 bridgehead atoms. The highest BCUT2D eigenvalue weighted by Gasteiger charge is 2.13. The number of hydrogen-bond acceptors (Lipinski definition) is 4. The summed E-state index contributed by atoms with van der Waals surface area (Å²) in [5, 5.41) is 19.4. The third kappa shape index (κ3) is 4.46. The fourth-order valence-electron chi connectivity index (χ4n) is 2.27. The molecule has 0 radical (unpaired) electrons. The number of aromatic amines is 1. The lowest BCUT2D eigenvalue weighted by Gasteiger charge is -2.13.